The lowest BCUT2D eigenvalue weighted by molar-refractivity contribution is -0.120. The number of nitrogens with zero attached hydrogens (tertiary/aromatic N) is 1. The van der Waals surface area contributed by atoms with E-state index in [4.69, 9.17) is 4.74 Å². The number of amides is 2. The summed E-state index contributed by atoms with van der Waals surface area (Å²) in [6, 6.07) is 14.4. The van der Waals surface area contributed by atoms with Crippen LogP contribution in [0.4, 0.5) is 0 Å². The molecule has 0 radical (unpaired) electrons. The highest BCUT2D eigenvalue weighted by Gasteiger charge is 2.23. The zero-order valence-corrected chi connectivity index (χ0v) is 14.8. The van der Waals surface area contributed by atoms with E-state index in [2.05, 4.69) is 15.6 Å². The second-order valence-corrected chi connectivity index (χ2v) is 6.07. The molecule has 0 aromatic heterocycles. The largest absolute Gasteiger partial charge is 0.494 e. The van der Waals surface area contributed by atoms with Gasteiger partial charge in [-0.2, -0.15) is 0 Å². The van der Waals surface area contributed by atoms with Gasteiger partial charge in [-0.1, -0.05) is 29.8 Å². The van der Waals surface area contributed by atoms with Crippen LogP contribution in [0.3, 0.4) is 0 Å². The molecule has 0 fully saturated rings. The van der Waals surface area contributed by atoms with Crippen molar-refractivity contribution < 1.29 is 14.3 Å². The zero-order valence-electron chi connectivity index (χ0n) is 14.8. The summed E-state index contributed by atoms with van der Waals surface area (Å²) >= 11 is 0. The second kappa shape index (κ2) is 7.82. The predicted octanol–water partition coefficient (Wildman–Crippen LogP) is 2.74. The molecule has 3 rings (SSSR count). The van der Waals surface area contributed by atoms with Gasteiger partial charge in [0.05, 0.1) is 19.1 Å². The smallest absolute Gasteiger partial charge is 0.257 e. The molecule has 6 nitrogen and oxygen atoms in total. The van der Waals surface area contributed by atoms with E-state index < -0.39 is 0 Å². The van der Waals surface area contributed by atoms with E-state index in [1.807, 2.05) is 50.2 Å². The van der Waals surface area contributed by atoms with Crippen LogP contribution in [0.15, 0.2) is 53.5 Å². The Balaban J connectivity index is 1.76. The summed E-state index contributed by atoms with van der Waals surface area (Å²) in [6.07, 6.45) is 0.234. The fourth-order valence-corrected chi connectivity index (χ4v) is 2.77. The van der Waals surface area contributed by atoms with Crippen LogP contribution in [0.25, 0.3) is 0 Å². The average Bonchev–Trinajstić information content (AvgIpc) is 2.62. The highest BCUT2D eigenvalue weighted by molar-refractivity contribution is 6.10. The standard InChI is InChI=1S/C20H21N3O3/c1-3-26-16-9-7-14(8-10-16)17-12-18(24)22-20(21-17)23-19(25)15-6-4-5-13(2)11-15/h4-11,17H,3,12H2,1-2H3,(H2,21,22,23,24,25). The molecule has 1 aliphatic rings. The van der Waals surface area contributed by atoms with Crippen LogP contribution in [0.2, 0.25) is 0 Å². The number of guanidine groups is 1. The minimum Gasteiger partial charge on any atom is -0.494 e. The summed E-state index contributed by atoms with van der Waals surface area (Å²) < 4.78 is 5.43. The van der Waals surface area contributed by atoms with Gasteiger partial charge < -0.3 is 4.74 Å². The second-order valence-electron chi connectivity index (χ2n) is 6.07. The quantitative estimate of drug-likeness (QED) is 0.889. The van der Waals surface area contributed by atoms with Gasteiger partial charge in [-0.05, 0) is 43.7 Å². The van der Waals surface area contributed by atoms with E-state index in [9.17, 15) is 9.59 Å². The monoisotopic (exact) mass is 351 g/mol. The minimum atomic E-state index is -0.341. The first-order valence-electron chi connectivity index (χ1n) is 8.53. The average molecular weight is 351 g/mol. The fraction of sp³-hybridized carbons (Fsp3) is 0.250. The lowest BCUT2D eigenvalue weighted by Crippen LogP contribution is -2.47. The van der Waals surface area contributed by atoms with Crippen molar-refractivity contribution in [3.63, 3.8) is 0 Å². The molecule has 2 aromatic carbocycles. The zero-order chi connectivity index (χ0) is 18.5. The van der Waals surface area contributed by atoms with Crippen molar-refractivity contribution in [2.75, 3.05) is 6.61 Å². The van der Waals surface area contributed by atoms with Crippen LogP contribution in [-0.4, -0.2) is 24.4 Å². The van der Waals surface area contributed by atoms with Crippen molar-refractivity contribution >= 4 is 17.8 Å². The Labute approximate surface area is 152 Å². The van der Waals surface area contributed by atoms with Crippen LogP contribution in [0.1, 0.15) is 40.9 Å². The van der Waals surface area contributed by atoms with Crippen LogP contribution >= 0.6 is 0 Å². The molecule has 0 saturated heterocycles. The van der Waals surface area contributed by atoms with Crippen LogP contribution in [-0.2, 0) is 4.79 Å². The minimum absolute atomic E-state index is 0.173. The van der Waals surface area contributed by atoms with Crippen LogP contribution in [0.5, 0.6) is 5.75 Å². The molecular weight excluding hydrogens is 330 g/mol. The molecule has 1 heterocycles. The third-order valence-corrected chi connectivity index (χ3v) is 4.01. The number of hydrogen-bond acceptors (Lipinski definition) is 4. The van der Waals surface area contributed by atoms with Crippen molar-refractivity contribution in [1.82, 2.24) is 10.6 Å². The topological polar surface area (TPSA) is 79.8 Å². The van der Waals surface area contributed by atoms with Gasteiger partial charge in [-0.15, -0.1) is 0 Å². The lowest BCUT2D eigenvalue weighted by atomic mass is 10.0. The third kappa shape index (κ3) is 4.27. The number of carbonyl (C=O) groups is 2. The Morgan fingerprint density at radius 1 is 1.27 bits per heavy atom. The summed E-state index contributed by atoms with van der Waals surface area (Å²) in [4.78, 5) is 28.9. The first kappa shape index (κ1) is 17.7. The predicted molar refractivity (Wildman–Crippen MR) is 99.2 cm³/mol. The van der Waals surface area contributed by atoms with Crippen molar-refractivity contribution in [3.05, 3.63) is 65.2 Å². The molecule has 134 valence electrons. The highest BCUT2D eigenvalue weighted by Crippen LogP contribution is 2.25. The third-order valence-electron chi connectivity index (χ3n) is 4.01. The maximum Gasteiger partial charge on any atom is 0.257 e. The number of rotatable bonds is 4. The first-order valence-corrected chi connectivity index (χ1v) is 8.53. The van der Waals surface area contributed by atoms with E-state index in [1.165, 1.54) is 0 Å². The molecule has 2 N–H and O–H groups in total. The molecule has 2 amide bonds. The van der Waals surface area contributed by atoms with Crippen molar-refractivity contribution in [3.8, 4) is 5.75 Å². The number of nitrogens with one attached hydrogen (secondary N) is 2. The van der Waals surface area contributed by atoms with Crippen molar-refractivity contribution in [2.24, 2.45) is 4.99 Å². The van der Waals surface area contributed by atoms with E-state index in [-0.39, 0.29) is 30.2 Å². The van der Waals surface area contributed by atoms with Crippen LogP contribution < -0.4 is 15.4 Å². The summed E-state index contributed by atoms with van der Waals surface area (Å²) in [5, 5.41) is 5.30. The molecule has 6 heteroatoms. The van der Waals surface area contributed by atoms with Crippen LogP contribution in [0, 0.1) is 6.92 Å². The Hall–Kier alpha value is -3.15. The molecule has 2 aromatic rings. The molecule has 26 heavy (non-hydrogen) atoms. The van der Waals surface area contributed by atoms with Gasteiger partial charge in [0, 0.05) is 5.56 Å². The molecule has 1 unspecified atom stereocenters. The van der Waals surface area contributed by atoms with Crippen molar-refractivity contribution in [1.29, 1.82) is 0 Å². The SMILES string of the molecule is CCOc1ccc(C2CC(=O)NC(NC(=O)c3cccc(C)c3)=N2)cc1. The number of benzene rings is 2. The molecule has 0 spiro atoms. The normalized spacial score (nSPS) is 16.5. The number of aliphatic imine (C=N–C) groups is 1. The number of aryl methyl sites for hydroxylation is 1. The molecule has 0 bridgehead atoms. The highest BCUT2D eigenvalue weighted by atomic mass is 16.5. The Morgan fingerprint density at radius 2 is 2.04 bits per heavy atom. The lowest BCUT2D eigenvalue weighted by Gasteiger charge is -2.21. The van der Waals surface area contributed by atoms with Gasteiger partial charge in [0.15, 0.2) is 0 Å². The van der Waals surface area contributed by atoms with Gasteiger partial charge in [0.25, 0.3) is 5.91 Å². The Bertz CT molecular complexity index is 844. The number of hydrogen-bond donors (Lipinski definition) is 2. The number of carbonyl (C=O) groups excluding carboxylic acids is 2. The number of ether oxygens (including phenoxy) is 1. The molecule has 0 saturated carbocycles. The Kier molecular flexibility index (Phi) is 5.31. The molecular formula is C20H21N3O3. The summed E-state index contributed by atoms with van der Waals surface area (Å²) in [5.41, 5.74) is 2.40. The maximum absolute atomic E-state index is 12.4. The summed E-state index contributed by atoms with van der Waals surface area (Å²) in [5.74, 6) is 0.457. The van der Waals surface area contributed by atoms with Gasteiger partial charge in [-0.25, -0.2) is 4.99 Å². The van der Waals surface area contributed by atoms with E-state index in [0.717, 1.165) is 16.9 Å². The maximum atomic E-state index is 12.4. The Morgan fingerprint density at radius 3 is 2.73 bits per heavy atom. The van der Waals surface area contributed by atoms with Gasteiger partial charge in [-0.3, -0.25) is 20.2 Å². The van der Waals surface area contributed by atoms with E-state index in [0.29, 0.717) is 12.2 Å². The summed E-state index contributed by atoms with van der Waals surface area (Å²) in [6.45, 7) is 4.43. The van der Waals surface area contributed by atoms with E-state index in [1.54, 1.807) is 12.1 Å². The van der Waals surface area contributed by atoms with E-state index >= 15 is 0 Å². The summed E-state index contributed by atoms with van der Waals surface area (Å²) in [7, 11) is 0. The molecule has 1 aliphatic heterocycles. The molecule has 1 atom stereocenters. The van der Waals surface area contributed by atoms with Gasteiger partial charge in [0.2, 0.25) is 11.9 Å². The van der Waals surface area contributed by atoms with Gasteiger partial charge in [0.1, 0.15) is 5.75 Å². The first-order chi connectivity index (χ1) is 12.5. The van der Waals surface area contributed by atoms with Crippen molar-refractivity contribution in [2.45, 2.75) is 26.3 Å². The van der Waals surface area contributed by atoms with Gasteiger partial charge >= 0.3 is 0 Å². The fourth-order valence-electron chi connectivity index (χ4n) is 2.77. The molecule has 0 aliphatic carbocycles.